The van der Waals surface area contributed by atoms with E-state index in [2.05, 4.69) is 76.8 Å². The number of unbranched alkanes of at least 4 members (excludes halogenated alkanes) is 9. The molecule has 0 bridgehead atoms. The van der Waals surface area contributed by atoms with Crippen molar-refractivity contribution in [2.45, 2.75) is 234 Å². The number of nitrogens with zero attached hydrogens (tertiary/aromatic N) is 1. The molecule has 1 heterocycles. The Labute approximate surface area is 423 Å². The first kappa shape index (κ1) is 57.9. The highest BCUT2D eigenvalue weighted by Gasteiger charge is 2.59. The van der Waals surface area contributed by atoms with Gasteiger partial charge in [0.1, 0.15) is 12.7 Å². The van der Waals surface area contributed by atoms with E-state index in [4.69, 9.17) is 23.7 Å². The fourth-order valence-electron chi connectivity index (χ4n) is 13.9. The van der Waals surface area contributed by atoms with Crippen LogP contribution in [0.1, 0.15) is 221 Å². The van der Waals surface area contributed by atoms with Crippen molar-refractivity contribution in [1.29, 1.82) is 0 Å². The number of carbonyl (C=O) groups is 2. The number of piperidine rings is 1. The van der Waals surface area contributed by atoms with E-state index in [0.29, 0.717) is 31.8 Å². The van der Waals surface area contributed by atoms with Crippen LogP contribution in [-0.4, -0.2) is 88.3 Å². The maximum atomic E-state index is 13.0. The summed E-state index contributed by atoms with van der Waals surface area (Å²) in [6, 6.07) is 0. The van der Waals surface area contributed by atoms with Crippen LogP contribution < -0.4 is 0 Å². The number of rotatable bonds is 35. The Balaban J connectivity index is 0.883. The predicted molar refractivity (Wildman–Crippen MR) is 284 cm³/mol. The van der Waals surface area contributed by atoms with Gasteiger partial charge in [-0.3, -0.25) is 9.59 Å². The molecule has 5 aliphatic rings. The van der Waals surface area contributed by atoms with Crippen molar-refractivity contribution < 1.29 is 33.3 Å². The van der Waals surface area contributed by atoms with Gasteiger partial charge in [-0.25, -0.2) is 0 Å². The summed E-state index contributed by atoms with van der Waals surface area (Å²) in [7, 11) is 0. The third-order valence-corrected chi connectivity index (χ3v) is 17.9. The number of allylic oxidation sites excluding steroid dienone is 5. The molecule has 8 heteroatoms. The van der Waals surface area contributed by atoms with Gasteiger partial charge in [0.25, 0.3) is 0 Å². The largest absolute Gasteiger partial charge is 0.463 e. The number of likely N-dealkylation sites (tertiary alicyclic amines) is 1. The summed E-state index contributed by atoms with van der Waals surface area (Å²) in [4.78, 5) is 28.0. The molecule has 0 aromatic heterocycles. The fourth-order valence-corrected chi connectivity index (χ4v) is 13.9. The molecule has 4 fully saturated rings. The first-order valence-corrected chi connectivity index (χ1v) is 29.4. The Morgan fingerprint density at radius 1 is 0.725 bits per heavy atom. The van der Waals surface area contributed by atoms with E-state index in [1.807, 2.05) is 0 Å². The lowest BCUT2D eigenvalue weighted by molar-refractivity contribution is -0.156. The maximum absolute atomic E-state index is 13.0. The highest BCUT2D eigenvalue weighted by Crippen LogP contribution is 2.67. The van der Waals surface area contributed by atoms with Gasteiger partial charge in [-0.15, -0.1) is 0 Å². The van der Waals surface area contributed by atoms with Crippen molar-refractivity contribution in [3.05, 3.63) is 36.0 Å². The number of hydrogen-bond donors (Lipinski definition) is 0. The van der Waals surface area contributed by atoms with Crippen molar-refractivity contribution in [1.82, 2.24) is 4.90 Å². The molecule has 4 aliphatic carbocycles. The van der Waals surface area contributed by atoms with Gasteiger partial charge < -0.3 is 28.6 Å². The Kier molecular flexibility index (Phi) is 27.1. The molecule has 8 nitrogen and oxygen atoms in total. The molecule has 0 aromatic carbocycles. The van der Waals surface area contributed by atoms with Crippen LogP contribution >= 0.6 is 0 Å². The Morgan fingerprint density at radius 2 is 1.45 bits per heavy atom. The van der Waals surface area contributed by atoms with E-state index in [0.717, 1.165) is 93.9 Å². The molecular formula is C61H105NO7. The average Bonchev–Trinajstić information content (AvgIpc) is 3.70. The molecule has 3 saturated carbocycles. The lowest BCUT2D eigenvalue weighted by Crippen LogP contribution is -2.51. The second kappa shape index (κ2) is 32.2. The van der Waals surface area contributed by atoms with E-state index in [1.54, 1.807) is 0 Å². The quantitative estimate of drug-likeness (QED) is 0.0353. The standard InChI is InChI=1S/C61H105NO7/c1-7-8-9-10-11-12-13-14-15-16-17-18-19-20-21-25-41-66-48-53(47-62-39-23-22-24-40-62)67-44-42-65-43-45-68-58(63)33-34-59(64)69-52-35-37-60(5)51(46-52)29-30-54-56-32-31-55(50(4)28-26-27-49(2)3)61(56,6)38-36-57(54)60/h11-12,14-15,29,49-50,52-57H,7-10,13,16-28,30-48H2,1-6H3/t50-,52+,53?,54?,55-,56?,57?,60+,61-/m1/s1. The van der Waals surface area contributed by atoms with Gasteiger partial charge in [-0.2, -0.15) is 0 Å². The minimum atomic E-state index is -0.383. The van der Waals surface area contributed by atoms with E-state index < -0.39 is 0 Å². The number of fused-ring (bicyclic) bond motifs is 5. The van der Waals surface area contributed by atoms with Crippen molar-refractivity contribution in [3.8, 4) is 0 Å². The summed E-state index contributed by atoms with van der Waals surface area (Å²) in [5, 5.41) is 0. The third kappa shape index (κ3) is 19.7. The minimum absolute atomic E-state index is 0.0190. The molecule has 5 rings (SSSR count). The molecule has 0 N–H and O–H groups in total. The van der Waals surface area contributed by atoms with Crippen molar-refractivity contribution in [2.75, 3.05) is 59.3 Å². The van der Waals surface area contributed by atoms with Crippen LogP contribution in [0, 0.1) is 46.3 Å². The number of ether oxygens (including phenoxy) is 5. The zero-order valence-electron chi connectivity index (χ0n) is 45.5. The number of hydrogen-bond acceptors (Lipinski definition) is 8. The molecule has 0 aromatic rings. The lowest BCUT2D eigenvalue weighted by Gasteiger charge is -2.58. The second-order valence-corrected chi connectivity index (χ2v) is 23.5. The highest BCUT2D eigenvalue weighted by molar-refractivity contribution is 5.77. The first-order valence-electron chi connectivity index (χ1n) is 29.4. The molecule has 1 aliphatic heterocycles. The average molecular weight is 965 g/mol. The normalized spacial score (nSPS) is 28.1. The molecule has 9 atom stereocenters. The Bertz CT molecular complexity index is 1520. The zero-order chi connectivity index (χ0) is 49.2. The number of carbonyl (C=O) groups excluding carboxylic acids is 2. The van der Waals surface area contributed by atoms with Gasteiger partial charge >= 0.3 is 11.9 Å². The summed E-state index contributed by atoms with van der Waals surface area (Å²) in [5.74, 6) is 4.22. The topological polar surface area (TPSA) is 83.5 Å². The summed E-state index contributed by atoms with van der Waals surface area (Å²) in [6.07, 6.45) is 44.4. The van der Waals surface area contributed by atoms with Crippen LogP contribution in [0.2, 0.25) is 0 Å². The van der Waals surface area contributed by atoms with Crippen molar-refractivity contribution in [3.63, 3.8) is 0 Å². The van der Waals surface area contributed by atoms with E-state index in [-0.39, 0.29) is 49.0 Å². The second-order valence-electron chi connectivity index (χ2n) is 23.5. The van der Waals surface area contributed by atoms with Gasteiger partial charge in [0, 0.05) is 19.6 Å². The van der Waals surface area contributed by atoms with E-state index >= 15 is 0 Å². The maximum Gasteiger partial charge on any atom is 0.306 e. The molecule has 396 valence electrons. The van der Waals surface area contributed by atoms with Crippen LogP contribution in [-0.2, 0) is 33.3 Å². The Morgan fingerprint density at radius 3 is 2.22 bits per heavy atom. The number of esters is 2. The van der Waals surface area contributed by atoms with Crippen LogP contribution in [0.25, 0.3) is 0 Å². The third-order valence-electron chi connectivity index (χ3n) is 17.9. The van der Waals surface area contributed by atoms with E-state index in [9.17, 15) is 9.59 Å². The summed E-state index contributed by atoms with van der Waals surface area (Å²) in [5.41, 5.74) is 2.24. The monoisotopic (exact) mass is 964 g/mol. The molecule has 0 spiro atoms. The van der Waals surface area contributed by atoms with Gasteiger partial charge in [0.05, 0.1) is 45.4 Å². The van der Waals surface area contributed by atoms with Crippen LogP contribution in [0.3, 0.4) is 0 Å². The SMILES string of the molecule is CCCCCC=CCC=CCCCCCCCCOCC(CN1CCCCC1)OCCOCCOC(=O)CCC(=O)O[C@H]1CC[C@@]2(C)C(=CCC3C2CC[C@@]2(C)C3CC[C@@H]2[C@H](C)CCCC(C)C)C1. The van der Waals surface area contributed by atoms with Crippen LogP contribution in [0.4, 0.5) is 0 Å². The van der Waals surface area contributed by atoms with E-state index in [1.165, 1.54) is 140 Å². The smallest absolute Gasteiger partial charge is 0.306 e. The van der Waals surface area contributed by atoms with Gasteiger partial charge in [0.15, 0.2) is 0 Å². The molecule has 4 unspecified atom stereocenters. The van der Waals surface area contributed by atoms with Crippen LogP contribution in [0.15, 0.2) is 36.0 Å². The fraction of sp³-hybridized carbons (Fsp3) is 0.869. The summed E-state index contributed by atoms with van der Waals surface area (Å²) in [6.45, 7) is 20.7. The lowest BCUT2D eigenvalue weighted by atomic mass is 9.47. The highest BCUT2D eigenvalue weighted by atomic mass is 16.6. The van der Waals surface area contributed by atoms with Gasteiger partial charge in [-0.1, -0.05) is 142 Å². The predicted octanol–water partition coefficient (Wildman–Crippen LogP) is 15.0. The van der Waals surface area contributed by atoms with Gasteiger partial charge in [0.2, 0.25) is 0 Å². The molecule has 0 amide bonds. The molecule has 69 heavy (non-hydrogen) atoms. The van der Waals surface area contributed by atoms with Crippen molar-refractivity contribution in [2.24, 2.45) is 46.3 Å². The first-order chi connectivity index (χ1) is 33.5. The Hall–Kier alpha value is -2.00. The molecule has 0 radical (unpaired) electrons. The summed E-state index contributed by atoms with van der Waals surface area (Å²) < 4.78 is 29.6. The zero-order valence-corrected chi connectivity index (χ0v) is 45.5. The minimum Gasteiger partial charge on any atom is -0.463 e. The molecule has 1 saturated heterocycles. The van der Waals surface area contributed by atoms with Gasteiger partial charge in [-0.05, 0) is 156 Å². The van der Waals surface area contributed by atoms with Crippen LogP contribution in [0.5, 0.6) is 0 Å². The van der Waals surface area contributed by atoms with Crippen molar-refractivity contribution >= 4 is 11.9 Å². The summed E-state index contributed by atoms with van der Waals surface area (Å²) >= 11 is 0. The molecular weight excluding hydrogens is 859 g/mol.